The molecule has 28 heavy (non-hydrogen) atoms. The molecule has 0 saturated carbocycles. The van der Waals surface area contributed by atoms with E-state index in [9.17, 15) is 18.4 Å². The summed E-state index contributed by atoms with van der Waals surface area (Å²) in [6, 6.07) is 11.6. The normalized spacial score (nSPS) is 10.8. The number of esters is 1. The van der Waals surface area contributed by atoms with Crippen LogP contribution in [0.4, 0.5) is 14.5 Å². The molecule has 2 rings (SSSR count). The third-order valence-corrected chi connectivity index (χ3v) is 3.48. The number of hydrogen-bond acceptors (Lipinski definition) is 5. The molecule has 0 spiro atoms. The fourth-order valence-electron chi connectivity index (χ4n) is 2.30. The van der Waals surface area contributed by atoms with Gasteiger partial charge >= 0.3 is 12.6 Å². The van der Waals surface area contributed by atoms with Crippen LogP contribution in [0.2, 0.25) is 0 Å². The fourth-order valence-corrected chi connectivity index (χ4v) is 2.30. The first-order chi connectivity index (χ1) is 13.4. The topological polar surface area (TPSA) is 73.9 Å². The predicted molar refractivity (Wildman–Crippen MR) is 99.4 cm³/mol. The summed E-state index contributed by atoms with van der Waals surface area (Å²) in [4.78, 5) is 23.6. The molecule has 0 fully saturated rings. The van der Waals surface area contributed by atoms with Gasteiger partial charge in [0.25, 0.3) is 5.91 Å². The van der Waals surface area contributed by atoms with Gasteiger partial charge in [0.1, 0.15) is 0 Å². The van der Waals surface area contributed by atoms with Crippen molar-refractivity contribution in [3.8, 4) is 11.5 Å². The van der Waals surface area contributed by atoms with Gasteiger partial charge in [-0.25, -0.2) is 4.79 Å². The lowest BCUT2D eigenvalue weighted by Gasteiger charge is -2.12. The number of hydrogen-bond donors (Lipinski definition) is 1. The SMILES string of the molecule is COc1cccc(/C=C/C(=O)OCC(=O)Nc2cccc(C)c2)c1OC(F)F. The van der Waals surface area contributed by atoms with Crippen molar-refractivity contribution in [1.29, 1.82) is 0 Å². The van der Waals surface area contributed by atoms with Crippen molar-refractivity contribution < 1.29 is 32.6 Å². The summed E-state index contributed by atoms with van der Waals surface area (Å²) in [5.74, 6) is -1.43. The standard InChI is InChI=1S/C20H19F2NO5/c1-13-5-3-7-15(11-13)23-17(24)12-27-18(25)10-9-14-6-4-8-16(26-2)19(14)28-20(21)22/h3-11,20H,12H2,1-2H3,(H,23,24)/b10-9+. The molecular formula is C20H19F2NO5. The maximum absolute atomic E-state index is 12.6. The molecule has 0 radical (unpaired) electrons. The van der Waals surface area contributed by atoms with E-state index < -0.39 is 25.1 Å². The molecule has 6 nitrogen and oxygen atoms in total. The number of para-hydroxylation sites is 1. The minimum absolute atomic E-state index is 0.0911. The van der Waals surface area contributed by atoms with E-state index in [0.29, 0.717) is 5.69 Å². The highest BCUT2D eigenvalue weighted by atomic mass is 19.3. The van der Waals surface area contributed by atoms with Gasteiger partial charge in [-0.3, -0.25) is 4.79 Å². The van der Waals surface area contributed by atoms with Crippen LogP contribution in [0.1, 0.15) is 11.1 Å². The second kappa shape index (κ2) is 10.1. The van der Waals surface area contributed by atoms with Crippen molar-refractivity contribution in [3.05, 3.63) is 59.7 Å². The van der Waals surface area contributed by atoms with Crippen LogP contribution >= 0.6 is 0 Å². The maximum Gasteiger partial charge on any atom is 0.387 e. The minimum atomic E-state index is -3.05. The largest absolute Gasteiger partial charge is 0.493 e. The molecule has 0 aliphatic heterocycles. The van der Waals surface area contributed by atoms with E-state index in [1.165, 1.54) is 25.3 Å². The highest BCUT2D eigenvalue weighted by Crippen LogP contribution is 2.33. The molecular weight excluding hydrogens is 372 g/mol. The monoisotopic (exact) mass is 391 g/mol. The Morgan fingerprint density at radius 3 is 2.61 bits per heavy atom. The molecule has 0 unspecified atom stereocenters. The van der Waals surface area contributed by atoms with Crippen LogP contribution < -0.4 is 14.8 Å². The molecule has 0 atom stereocenters. The van der Waals surface area contributed by atoms with Crippen molar-refractivity contribution in [1.82, 2.24) is 0 Å². The zero-order valence-electron chi connectivity index (χ0n) is 15.3. The highest BCUT2D eigenvalue weighted by molar-refractivity contribution is 5.94. The van der Waals surface area contributed by atoms with Gasteiger partial charge < -0.3 is 19.5 Å². The van der Waals surface area contributed by atoms with Crippen molar-refractivity contribution in [2.45, 2.75) is 13.5 Å². The first-order valence-electron chi connectivity index (χ1n) is 8.22. The number of carbonyl (C=O) groups excluding carboxylic acids is 2. The van der Waals surface area contributed by atoms with Crippen LogP contribution in [0.25, 0.3) is 6.08 Å². The average molecular weight is 391 g/mol. The number of methoxy groups -OCH3 is 1. The number of ether oxygens (including phenoxy) is 3. The molecule has 0 saturated heterocycles. The van der Waals surface area contributed by atoms with E-state index in [2.05, 4.69) is 10.1 Å². The Hall–Kier alpha value is -3.42. The Bertz CT molecular complexity index is 867. The molecule has 1 amide bonds. The number of anilines is 1. The average Bonchev–Trinajstić information content (AvgIpc) is 2.65. The van der Waals surface area contributed by atoms with Crippen LogP contribution in [0.5, 0.6) is 11.5 Å². The number of carbonyl (C=O) groups is 2. The molecule has 0 aromatic heterocycles. The van der Waals surface area contributed by atoms with Gasteiger partial charge in [-0.15, -0.1) is 0 Å². The summed E-state index contributed by atoms with van der Waals surface area (Å²) in [5.41, 5.74) is 1.75. The summed E-state index contributed by atoms with van der Waals surface area (Å²) in [5, 5.41) is 2.60. The van der Waals surface area contributed by atoms with Gasteiger partial charge in [0.2, 0.25) is 0 Å². The Labute approximate surface area is 160 Å². The van der Waals surface area contributed by atoms with Crippen molar-refractivity contribution in [3.63, 3.8) is 0 Å². The Balaban J connectivity index is 1.95. The molecule has 1 N–H and O–H groups in total. The summed E-state index contributed by atoms with van der Waals surface area (Å²) in [6.45, 7) is -1.67. The van der Waals surface area contributed by atoms with Crippen LogP contribution in [0.3, 0.4) is 0 Å². The number of benzene rings is 2. The van der Waals surface area contributed by atoms with Gasteiger partial charge in [0.05, 0.1) is 7.11 Å². The Morgan fingerprint density at radius 2 is 1.93 bits per heavy atom. The number of alkyl halides is 2. The van der Waals surface area contributed by atoms with E-state index in [1.807, 2.05) is 13.0 Å². The van der Waals surface area contributed by atoms with Crippen molar-refractivity contribution >= 4 is 23.6 Å². The van der Waals surface area contributed by atoms with Crippen LogP contribution in [-0.4, -0.2) is 32.2 Å². The molecule has 0 aliphatic carbocycles. The third-order valence-electron chi connectivity index (χ3n) is 3.48. The van der Waals surface area contributed by atoms with E-state index >= 15 is 0 Å². The quantitative estimate of drug-likeness (QED) is 0.547. The number of nitrogens with one attached hydrogen (secondary N) is 1. The lowest BCUT2D eigenvalue weighted by atomic mass is 10.1. The maximum atomic E-state index is 12.6. The summed E-state index contributed by atoms with van der Waals surface area (Å²) in [6.07, 6.45) is 2.24. The van der Waals surface area contributed by atoms with Crippen molar-refractivity contribution in [2.24, 2.45) is 0 Å². The minimum Gasteiger partial charge on any atom is -0.493 e. The van der Waals surface area contributed by atoms with Gasteiger partial charge in [-0.2, -0.15) is 8.78 Å². The zero-order valence-corrected chi connectivity index (χ0v) is 15.3. The molecule has 148 valence electrons. The number of amides is 1. The fraction of sp³-hybridized carbons (Fsp3) is 0.200. The van der Waals surface area contributed by atoms with E-state index in [1.54, 1.807) is 24.3 Å². The number of aryl methyl sites for hydroxylation is 1. The molecule has 2 aromatic rings. The first-order valence-corrected chi connectivity index (χ1v) is 8.22. The van der Waals surface area contributed by atoms with Gasteiger partial charge in [-0.05, 0) is 36.8 Å². The van der Waals surface area contributed by atoms with Crippen LogP contribution in [0, 0.1) is 6.92 Å². The molecule has 0 bridgehead atoms. The molecule has 0 aliphatic rings. The zero-order chi connectivity index (χ0) is 20.5. The van der Waals surface area contributed by atoms with Gasteiger partial charge in [0, 0.05) is 17.3 Å². The molecule has 0 heterocycles. The summed E-state index contributed by atoms with van der Waals surface area (Å²) in [7, 11) is 1.31. The lowest BCUT2D eigenvalue weighted by Crippen LogP contribution is -2.20. The molecule has 8 heteroatoms. The van der Waals surface area contributed by atoms with E-state index in [0.717, 1.165) is 11.6 Å². The van der Waals surface area contributed by atoms with E-state index in [4.69, 9.17) is 9.47 Å². The highest BCUT2D eigenvalue weighted by Gasteiger charge is 2.14. The van der Waals surface area contributed by atoms with Crippen molar-refractivity contribution in [2.75, 3.05) is 19.0 Å². The van der Waals surface area contributed by atoms with E-state index in [-0.39, 0.29) is 17.1 Å². The molecule has 2 aromatic carbocycles. The number of halogens is 2. The predicted octanol–water partition coefficient (Wildman–Crippen LogP) is 3.80. The second-order valence-corrected chi connectivity index (χ2v) is 5.62. The summed E-state index contributed by atoms with van der Waals surface area (Å²) < 4.78 is 39.5. The lowest BCUT2D eigenvalue weighted by molar-refractivity contribution is -0.142. The smallest absolute Gasteiger partial charge is 0.387 e. The van der Waals surface area contributed by atoms with Crippen LogP contribution in [-0.2, 0) is 14.3 Å². The van der Waals surface area contributed by atoms with Gasteiger partial charge in [0.15, 0.2) is 18.1 Å². The third kappa shape index (κ3) is 6.39. The Kier molecular flexibility index (Phi) is 7.50. The van der Waals surface area contributed by atoms with Gasteiger partial charge in [-0.1, -0.05) is 24.3 Å². The summed E-state index contributed by atoms with van der Waals surface area (Å²) >= 11 is 0. The number of rotatable bonds is 8. The first kappa shape index (κ1) is 20.9. The van der Waals surface area contributed by atoms with Crippen LogP contribution in [0.15, 0.2) is 48.5 Å². The Morgan fingerprint density at radius 1 is 1.18 bits per heavy atom. The second-order valence-electron chi connectivity index (χ2n) is 5.62.